The van der Waals surface area contributed by atoms with Gasteiger partial charge >= 0.3 is 5.97 Å². The predicted octanol–water partition coefficient (Wildman–Crippen LogP) is 9.47. The van der Waals surface area contributed by atoms with Crippen molar-refractivity contribution in [3.63, 3.8) is 0 Å². The van der Waals surface area contributed by atoms with Crippen LogP contribution in [0.3, 0.4) is 0 Å². The van der Waals surface area contributed by atoms with Gasteiger partial charge in [0.2, 0.25) is 0 Å². The van der Waals surface area contributed by atoms with E-state index in [0.29, 0.717) is 21.4 Å². The maximum atomic E-state index is 12.5. The van der Waals surface area contributed by atoms with Crippen molar-refractivity contribution >= 4 is 17.6 Å². The van der Waals surface area contributed by atoms with E-state index in [1.165, 1.54) is 51.4 Å². The third kappa shape index (κ3) is 5.17. The Morgan fingerprint density at radius 1 is 1.06 bits per heavy atom. The molecular formula is C32H51ClO2. The van der Waals surface area contributed by atoms with Gasteiger partial charge in [0.25, 0.3) is 0 Å². The summed E-state index contributed by atoms with van der Waals surface area (Å²) in [6.07, 6.45) is 16.8. The summed E-state index contributed by atoms with van der Waals surface area (Å²) in [6, 6.07) is 0. The second kappa shape index (κ2) is 10.5. The molecule has 4 aliphatic rings. The second-order valence-corrected chi connectivity index (χ2v) is 14.3. The van der Waals surface area contributed by atoms with Gasteiger partial charge in [-0.1, -0.05) is 77.1 Å². The molecule has 0 aliphatic heterocycles. The van der Waals surface area contributed by atoms with Crippen LogP contribution in [0.1, 0.15) is 119 Å². The lowest BCUT2D eigenvalue weighted by atomic mass is 9.47. The normalized spacial score (nSPS) is 40.3. The highest BCUT2D eigenvalue weighted by molar-refractivity contribution is 6.31. The number of esters is 1. The van der Waals surface area contributed by atoms with Crippen molar-refractivity contribution in [2.24, 2.45) is 46.3 Å². The second-order valence-electron chi connectivity index (χ2n) is 13.7. The average molecular weight is 503 g/mol. The van der Waals surface area contributed by atoms with Gasteiger partial charge in [-0.3, -0.25) is 0 Å². The summed E-state index contributed by atoms with van der Waals surface area (Å²) in [5, 5.41) is 0.532. The molecule has 3 saturated carbocycles. The number of halogens is 1. The van der Waals surface area contributed by atoms with Gasteiger partial charge in [0.05, 0.1) is 0 Å². The highest BCUT2D eigenvalue weighted by atomic mass is 35.5. The number of carbonyl (C=O) groups excluding carboxylic acids is 1. The Morgan fingerprint density at radius 2 is 1.80 bits per heavy atom. The molecule has 0 N–H and O–H groups in total. The smallest absolute Gasteiger partial charge is 0.335 e. The minimum Gasteiger partial charge on any atom is -0.459 e. The number of hydrogen-bond donors (Lipinski definition) is 0. The van der Waals surface area contributed by atoms with Crippen LogP contribution in [0.2, 0.25) is 0 Å². The summed E-state index contributed by atoms with van der Waals surface area (Å²) >= 11 is 6.04. The Morgan fingerprint density at radius 3 is 2.49 bits per heavy atom. The molecule has 8 atom stereocenters. The topological polar surface area (TPSA) is 26.3 Å². The van der Waals surface area contributed by atoms with E-state index in [2.05, 4.69) is 40.7 Å². The molecule has 0 saturated heterocycles. The zero-order valence-electron chi connectivity index (χ0n) is 23.6. The SMILES string of the molecule is CC(Cl)=C(C)C(=O)O[C@H]1CC[C@@]2(C)C(=CCC3C2CC[C@@]2(C)C3CC[C@@H]2[C@H](C)CCCC(C)C)C1. The number of ether oxygens (including phenoxy) is 1. The van der Waals surface area contributed by atoms with Gasteiger partial charge in [0, 0.05) is 17.0 Å². The van der Waals surface area contributed by atoms with Crippen LogP contribution in [0, 0.1) is 46.3 Å². The van der Waals surface area contributed by atoms with Crippen LogP contribution in [-0.4, -0.2) is 12.1 Å². The van der Waals surface area contributed by atoms with E-state index in [1.807, 2.05) is 0 Å². The third-order valence-corrected chi connectivity index (χ3v) is 11.6. The molecule has 0 aromatic heterocycles. The molecule has 0 bridgehead atoms. The van der Waals surface area contributed by atoms with Crippen molar-refractivity contribution in [1.82, 2.24) is 0 Å². The van der Waals surface area contributed by atoms with E-state index < -0.39 is 0 Å². The molecule has 2 nitrogen and oxygen atoms in total. The van der Waals surface area contributed by atoms with E-state index >= 15 is 0 Å². The lowest BCUT2D eigenvalue weighted by Gasteiger charge is -2.58. The summed E-state index contributed by atoms with van der Waals surface area (Å²) < 4.78 is 5.90. The van der Waals surface area contributed by atoms with E-state index in [0.717, 1.165) is 54.8 Å². The van der Waals surface area contributed by atoms with Gasteiger partial charge in [0.1, 0.15) is 6.10 Å². The minimum absolute atomic E-state index is 0.000692. The zero-order chi connectivity index (χ0) is 25.5. The fourth-order valence-corrected chi connectivity index (χ4v) is 9.21. The number of rotatable bonds is 7. The molecule has 0 amide bonds. The molecule has 0 aromatic carbocycles. The Labute approximate surface area is 220 Å². The van der Waals surface area contributed by atoms with Crippen LogP contribution in [0.25, 0.3) is 0 Å². The molecule has 0 spiro atoms. The lowest BCUT2D eigenvalue weighted by molar-refractivity contribution is -0.146. The largest absolute Gasteiger partial charge is 0.459 e. The minimum atomic E-state index is -0.242. The van der Waals surface area contributed by atoms with Crippen molar-refractivity contribution in [2.75, 3.05) is 0 Å². The first kappa shape index (κ1) is 27.3. The molecule has 3 unspecified atom stereocenters. The fourth-order valence-electron chi connectivity index (χ4n) is 9.13. The number of allylic oxidation sites excluding steroid dienone is 2. The average Bonchev–Trinajstić information content (AvgIpc) is 3.15. The van der Waals surface area contributed by atoms with Gasteiger partial charge in [0.15, 0.2) is 0 Å². The standard InChI is InChI=1S/C32H51ClO2/c1-20(2)9-8-10-21(3)27-13-14-28-26-12-11-24-19-25(35-30(34)22(4)23(5)33)15-17-31(24,6)29(26)16-18-32(27,28)7/h11,20-21,25-29H,8-10,12-19H2,1-7H3/t21-,25+,26?,27-,28?,29?,31+,32-/m1/s1. The maximum Gasteiger partial charge on any atom is 0.335 e. The number of hydrogen-bond acceptors (Lipinski definition) is 2. The Bertz CT molecular complexity index is 852. The summed E-state index contributed by atoms with van der Waals surface area (Å²) in [4.78, 5) is 12.5. The van der Waals surface area contributed by atoms with Crippen LogP contribution < -0.4 is 0 Å². The molecule has 0 heterocycles. The van der Waals surface area contributed by atoms with Crippen LogP contribution in [0.4, 0.5) is 0 Å². The van der Waals surface area contributed by atoms with Gasteiger partial charge in [-0.15, -0.1) is 0 Å². The van der Waals surface area contributed by atoms with Crippen LogP contribution in [-0.2, 0) is 9.53 Å². The molecule has 35 heavy (non-hydrogen) atoms. The maximum absolute atomic E-state index is 12.5. The molecule has 4 rings (SSSR count). The highest BCUT2D eigenvalue weighted by Crippen LogP contribution is 2.67. The fraction of sp³-hybridized carbons (Fsp3) is 0.844. The van der Waals surface area contributed by atoms with Crippen LogP contribution >= 0.6 is 11.6 Å². The summed E-state index contributed by atoms with van der Waals surface area (Å²) in [5.41, 5.74) is 2.95. The van der Waals surface area contributed by atoms with Gasteiger partial charge in [-0.2, -0.15) is 0 Å². The number of carbonyl (C=O) groups is 1. The number of fused-ring (bicyclic) bond motifs is 5. The van der Waals surface area contributed by atoms with Crippen molar-refractivity contribution in [2.45, 2.75) is 125 Å². The van der Waals surface area contributed by atoms with E-state index in [4.69, 9.17) is 16.3 Å². The lowest BCUT2D eigenvalue weighted by Crippen LogP contribution is -2.51. The first-order valence-corrected chi connectivity index (χ1v) is 15.1. The molecule has 0 aromatic rings. The van der Waals surface area contributed by atoms with Crippen molar-refractivity contribution < 1.29 is 9.53 Å². The Hall–Kier alpha value is -0.760. The first-order chi connectivity index (χ1) is 16.5. The monoisotopic (exact) mass is 502 g/mol. The first-order valence-electron chi connectivity index (χ1n) is 14.7. The molecule has 3 heteroatoms. The Balaban J connectivity index is 1.44. The van der Waals surface area contributed by atoms with Crippen LogP contribution in [0.5, 0.6) is 0 Å². The molecule has 4 aliphatic carbocycles. The van der Waals surface area contributed by atoms with Crippen LogP contribution in [0.15, 0.2) is 22.3 Å². The molecule has 198 valence electrons. The predicted molar refractivity (Wildman–Crippen MR) is 147 cm³/mol. The van der Waals surface area contributed by atoms with Gasteiger partial charge in [-0.25, -0.2) is 4.79 Å². The Kier molecular flexibility index (Phi) is 8.22. The van der Waals surface area contributed by atoms with Crippen molar-refractivity contribution in [3.05, 3.63) is 22.3 Å². The van der Waals surface area contributed by atoms with Gasteiger partial charge in [-0.05, 0) is 105 Å². The van der Waals surface area contributed by atoms with Crippen molar-refractivity contribution in [1.29, 1.82) is 0 Å². The van der Waals surface area contributed by atoms with E-state index in [9.17, 15) is 4.79 Å². The van der Waals surface area contributed by atoms with Gasteiger partial charge < -0.3 is 4.74 Å². The molecule has 3 fully saturated rings. The summed E-state index contributed by atoms with van der Waals surface area (Å²) in [7, 11) is 0. The highest BCUT2D eigenvalue weighted by Gasteiger charge is 2.59. The van der Waals surface area contributed by atoms with Crippen molar-refractivity contribution in [3.8, 4) is 0 Å². The van der Waals surface area contributed by atoms with E-state index in [-0.39, 0.29) is 12.1 Å². The summed E-state index contributed by atoms with van der Waals surface area (Å²) in [5.74, 6) is 4.91. The summed E-state index contributed by atoms with van der Waals surface area (Å²) in [6.45, 7) is 16.0. The molecular weight excluding hydrogens is 452 g/mol. The third-order valence-electron chi connectivity index (χ3n) is 11.4. The van der Waals surface area contributed by atoms with E-state index in [1.54, 1.807) is 19.4 Å². The molecule has 0 radical (unpaired) electrons. The quantitative estimate of drug-likeness (QED) is 0.197. The zero-order valence-corrected chi connectivity index (χ0v) is 24.3.